The lowest BCUT2D eigenvalue weighted by Gasteiger charge is -2.10. The summed E-state index contributed by atoms with van der Waals surface area (Å²) in [6.07, 6.45) is 7.32. The molecule has 0 N–H and O–H groups in total. The fraction of sp³-hybridized carbons (Fsp3) is 0.545. The summed E-state index contributed by atoms with van der Waals surface area (Å²) in [5, 5.41) is 18.8. The molecule has 28 heavy (non-hydrogen) atoms. The molecule has 0 fully saturated rings. The van der Waals surface area contributed by atoms with E-state index in [-0.39, 0.29) is 11.9 Å². The van der Waals surface area contributed by atoms with Crippen LogP contribution in [0.25, 0.3) is 0 Å². The molecule has 0 aliphatic carbocycles. The van der Waals surface area contributed by atoms with Crippen LogP contribution in [0.5, 0.6) is 0 Å². The first-order valence-electron chi connectivity index (χ1n) is 9.65. The van der Waals surface area contributed by atoms with Crippen molar-refractivity contribution in [1.29, 1.82) is 10.5 Å². The monoisotopic (exact) mass is 384 g/mol. The number of aryl methyl sites for hydroxylation is 2. The largest absolute Gasteiger partial charge is 0.469 e. The number of benzene rings is 1. The maximum Gasteiger partial charge on any atom is 0.305 e. The number of hydrogen-bond acceptors (Lipinski definition) is 6. The van der Waals surface area contributed by atoms with Gasteiger partial charge >= 0.3 is 11.9 Å². The SMILES string of the molecule is COC(=O)CCCCCc1cc(CCCCCC(=O)OC)c(C#N)cc1C#N. The van der Waals surface area contributed by atoms with Crippen molar-refractivity contribution in [3.8, 4) is 12.1 Å². The van der Waals surface area contributed by atoms with Crippen LogP contribution in [-0.2, 0) is 31.9 Å². The van der Waals surface area contributed by atoms with Crippen molar-refractivity contribution in [1.82, 2.24) is 0 Å². The number of carbonyl (C=O) groups is 2. The molecule has 0 saturated carbocycles. The second kappa shape index (κ2) is 13.3. The molecule has 6 nitrogen and oxygen atoms in total. The van der Waals surface area contributed by atoms with Gasteiger partial charge in [-0.25, -0.2) is 0 Å². The summed E-state index contributed by atoms with van der Waals surface area (Å²) in [5.74, 6) is -0.406. The predicted molar refractivity (Wildman–Crippen MR) is 104 cm³/mol. The average molecular weight is 384 g/mol. The van der Waals surface area contributed by atoms with Gasteiger partial charge in [0.25, 0.3) is 0 Å². The van der Waals surface area contributed by atoms with Crippen LogP contribution in [0.2, 0.25) is 0 Å². The summed E-state index contributed by atoms with van der Waals surface area (Å²) in [4.78, 5) is 22.3. The average Bonchev–Trinajstić information content (AvgIpc) is 2.72. The molecule has 0 radical (unpaired) electrons. The zero-order valence-corrected chi connectivity index (χ0v) is 16.8. The number of hydrogen-bond donors (Lipinski definition) is 0. The third-order valence-corrected chi connectivity index (χ3v) is 4.68. The number of esters is 2. The number of nitrogens with zero attached hydrogens (tertiary/aromatic N) is 2. The van der Waals surface area contributed by atoms with Crippen molar-refractivity contribution < 1.29 is 19.1 Å². The summed E-state index contributed by atoms with van der Waals surface area (Å²) >= 11 is 0. The van der Waals surface area contributed by atoms with Gasteiger partial charge in [-0.2, -0.15) is 10.5 Å². The third kappa shape index (κ3) is 8.22. The van der Waals surface area contributed by atoms with Crippen LogP contribution in [0.1, 0.15) is 73.6 Å². The van der Waals surface area contributed by atoms with Crippen LogP contribution in [0.15, 0.2) is 12.1 Å². The van der Waals surface area contributed by atoms with Crippen molar-refractivity contribution in [3.63, 3.8) is 0 Å². The Balaban J connectivity index is 2.63. The predicted octanol–water partition coefficient (Wildman–Crippen LogP) is 3.98. The van der Waals surface area contributed by atoms with E-state index in [4.69, 9.17) is 0 Å². The smallest absolute Gasteiger partial charge is 0.305 e. The Morgan fingerprint density at radius 3 is 1.54 bits per heavy atom. The Morgan fingerprint density at radius 2 is 1.18 bits per heavy atom. The van der Waals surface area contributed by atoms with E-state index in [0.717, 1.165) is 62.5 Å². The highest BCUT2D eigenvalue weighted by Crippen LogP contribution is 2.21. The van der Waals surface area contributed by atoms with E-state index in [2.05, 4.69) is 21.6 Å². The molecule has 0 aromatic heterocycles. The number of unbranched alkanes of at least 4 members (excludes halogenated alkanes) is 4. The lowest BCUT2D eigenvalue weighted by atomic mass is 9.93. The highest BCUT2D eigenvalue weighted by Gasteiger charge is 2.10. The van der Waals surface area contributed by atoms with E-state index in [0.29, 0.717) is 24.0 Å². The first kappa shape index (κ1) is 23.2. The lowest BCUT2D eigenvalue weighted by molar-refractivity contribution is -0.141. The molecule has 6 heteroatoms. The van der Waals surface area contributed by atoms with E-state index in [9.17, 15) is 20.1 Å². The molecule has 1 aromatic rings. The van der Waals surface area contributed by atoms with Gasteiger partial charge in [-0.3, -0.25) is 9.59 Å². The highest BCUT2D eigenvalue weighted by molar-refractivity contribution is 5.69. The molecule has 0 bridgehead atoms. The van der Waals surface area contributed by atoms with Crippen LogP contribution in [0.4, 0.5) is 0 Å². The van der Waals surface area contributed by atoms with Crippen LogP contribution < -0.4 is 0 Å². The fourth-order valence-corrected chi connectivity index (χ4v) is 3.04. The number of carbonyl (C=O) groups excluding carboxylic acids is 2. The first-order chi connectivity index (χ1) is 13.5. The van der Waals surface area contributed by atoms with Gasteiger partial charge in [-0.05, 0) is 55.7 Å². The Hall–Kier alpha value is -2.86. The summed E-state index contributed by atoms with van der Waals surface area (Å²) in [6.45, 7) is 0. The van der Waals surface area contributed by atoms with Gasteiger partial charge in [0.05, 0.1) is 37.5 Å². The number of rotatable bonds is 12. The zero-order valence-electron chi connectivity index (χ0n) is 16.8. The maximum atomic E-state index is 11.1. The van der Waals surface area contributed by atoms with Gasteiger partial charge in [0.1, 0.15) is 0 Å². The summed E-state index contributed by atoms with van der Waals surface area (Å²) < 4.78 is 9.26. The van der Waals surface area contributed by atoms with E-state index in [1.54, 1.807) is 6.07 Å². The highest BCUT2D eigenvalue weighted by atomic mass is 16.5. The molecule has 0 spiro atoms. The number of nitriles is 2. The molecule has 0 saturated heterocycles. The molecular weight excluding hydrogens is 356 g/mol. The molecule has 0 atom stereocenters. The van der Waals surface area contributed by atoms with E-state index >= 15 is 0 Å². The van der Waals surface area contributed by atoms with E-state index in [1.807, 2.05) is 6.07 Å². The van der Waals surface area contributed by atoms with Gasteiger partial charge < -0.3 is 9.47 Å². The second-order valence-corrected chi connectivity index (χ2v) is 6.66. The molecule has 150 valence electrons. The van der Waals surface area contributed by atoms with Crippen LogP contribution in [0.3, 0.4) is 0 Å². The fourth-order valence-electron chi connectivity index (χ4n) is 3.04. The quantitative estimate of drug-likeness (QED) is 0.399. The lowest BCUT2D eigenvalue weighted by Crippen LogP contribution is -2.01. The van der Waals surface area contributed by atoms with Crippen LogP contribution in [-0.4, -0.2) is 26.2 Å². The third-order valence-electron chi connectivity index (χ3n) is 4.68. The number of methoxy groups -OCH3 is 2. The first-order valence-corrected chi connectivity index (χ1v) is 9.65. The van der Waals surface area contributed by atoms with Crippen molar-refractivity contribution in [3.05, 3.63) is 34.4 Å². The molecule has 0 aliphatic rings. The maximum absolute atomic E-state index is 11.1. The zero-order chi connectivity index (χ0) is 20.8. The Labute approximate surface area is 167 Å². The summed E-state index contributed by atoms with van der Waals surface area (Å²) in [7, 11) is 2.77. The van der Waals surface area contributed by atoms with Crippen LogP contribution in [0, 0.1) is 22.7 Å². The van der Waals surface area contributed by atoms with Gasteiger partial charge in [0, 0.05) is 12.8 Å². The topological polar surface area (TPSA) is 100 Å². The summed E-state index contributed by atoms with van der Waals surface area (Å²) in [6, 6.07) is 8.01. The normalized spacial score (nSPS) is 10.0. The van der Waals surface area contributed by atoms with Gasteiger partial charge in [-0.1, -0.05) is 18.9 Å². The van der Waals surface area contributed by atoms with Gasteiger partial charge in [0.2, 0.25) is 0 Å². The second-order valence-electron chi connectivity index (χ2n) is 6.66. The van der Waals surface area contributed by atoms with Crippen molar-refractivity contribution in [2.24, 2.45) is 0 Å². The molecule has 0 aliphatic heterocycles. The van der Waals surface area contributed by atoms with Crippen LogP contribution >= 0.6 is 0 Å². The van der Waals surface area contributed by atoms with Crippen molar-refractivity contribution in [2.45, 2.75) is 64.2 Å². The molecule has 1 aromatic carbocycles. The summed E-state index contributed by atoms with van der Waals surface area (Å²) in [5.41, 5.74) is 2.98. The molecule has 1 rings (SSSR count). The Morgan fingerprint density at radius 1 is 0.750 bits per heavy atom. The van der Waals surface area contributed by atoms with Crippen molar-refractivity contribution >= 4 is 11.9 Å². The van der Waals surface area contributed by atoms with Gasteiger partial charge in [-0.15, -0.1) is 0 Å². The minimum absolute atomic E-state index is 0.203. The molecule has 0 unspecified atom stereocenters. The molecular formula is C22H28N2O4. The minimum atomic E-state index is -0.203. The molecule has 0 amide bonds. The van der Waals surface area contributed by atoms with Crippen molar-refractivity contribution in [2.75, 3.05) is 14.2 Å². The van der Waals surface area contributed by atoms with E-state index < -0.39 is 0 Å². The minimum Gasteiger partial charge on any atom is -0.469 e. The van der Waals surface area contributed by atoms with Gasteiger partial charge in [0.15, 0.2) is 0 Å². The molecule has 0 heterocycles. The van der Waals surface area contributed by atoms with E-state index in [1.165, 1.54) is 14.2 Å². The Kier molecular flexibility index (Phi) is 11.0. The Bertz CT molecular complexity index is 685. The number of ether oxygens (including phenoxy) is 2. The standard InChI is InChI=1S/C22H28N2O4/c1-27-21(25)11-7-3-5-9-17-13-18(20(16-24)14-19(17)15-23)10-6-4-8-12-22(26)28-2/h13-14H,3-12H2,1-2H3.